The van der Waals surface area contributed by atoms with Gasteiger partial charge in [-0.3, -0.25) is 9.78 Å². The van der Waals surface area contributed by atoms with Crippen molar-refractivity contribution < 1.29 is 18.7 Å². The molecule has 1 atom stereocenters. The maximum absolute atomic E-state index is 14.5. The third kappa shape index (κ3) is 3.55. The lowest BCUT2D eigenvalue weighted by molar-refractivity contribution is 0.0941. The molecule has 2 aliphatic rings. The van der Waals surface area contributed by atoms with Crippen LogP contribution >= 0.6 is 0 Å². The standard InChI is InChI=1S/C27H24FN5O3/c1-14-12-19-22-16(9-10-29-19)23-24(31-18-8-5-7-17(28)25(18)35-2)20-21(32-23)15(13-30-26(20)34)6-3-4-11-36-27(14)33-22/h3-5,7-10,12,15,31-32H,6,11,13H2,1-2H3,(H,30,34)/b4-3-. The van der Waals surface area contributed by atoms with Crippen LogP contribution < -0.4 is 20.1 Å². The van der Waals surface area contributed by atoms with Gasteiger partial charge < -0.3 is 25.1 Å². The fourth-order valence-electron chi connectivity index (χ4n) is 4.90. The highest BCUT2D eigenvalue weighted by Crippen LogP contribution is 2.43. The molecule has 36 heavy (non-hydrogen) atoms. The van der Waals surface area contributed by atoms with Crippen LogP contribution in [0.2, 0.25) is 0 Å². The molecular formula is C27H24FN5O3. The number of aryl methyl sites for hydroxylation is 1. The molecule has 8 nitrogen and oxygen atoms in total. The van der Waals surface area contributed by atoms with Crippen molar-refractivity contribution in [1.82, 2.24) is 20.3 Å². The summed E-state index contributed by atoms with van der Waals surface area (Å²) in [6.45, 7) is 2.82. The average Bonchev–Trinajstić information content (AvgIpc) is 3.25. The predicted octanol–water partition coefficient (Wildman–Crippen LogP) is 4.99. The maximum atomic E-state index is 14.5. The van der Waals surface area contributed by atoms with Gasteiger partial charge in [0.1, 0.15) is 12.1 Å². The van der Waals surface area contributed by atoms with E-state index in [0.717, 1.165) is 16.8 Å². The van der Waals surface area contributed by atoms with Gasteiger partial charge >= 0.3 is 0 Å². The SMILES string of the molecule is COc1c(F)cccc1Nc1c2[nH]c3c1C(=O)NCC3C/C=C\COc1nc3c-2ccnc3cc1C. The second-order valence-electron chi connectivity index (χ2n) is 8.87. The van der Waals surface area contributed by atoms with Gasteiger partial charge in [-0.2, -0.15) is 0 Å². The van der Waals surface area contributed by atoms with E-state index >= 15 is 0 Å². The van der Waals surface area contributed by atoms with Gasteiger partial charge in [0, 0.05) is 35.5 Å². The number of rotatable bonds is 3. The van der Waals surface area contributed by atoms with Gasteiger partial charge in [-0.05, 0) is 37.6 Å². The Kier molecular flexibility index (Phi) is 5.32. The van der Waals surface area contributed by atoms with E-state index in [1.54, 1.807) is 18.3 Å². The third-order valence-corrected chi connectivity index (χ3v) is 6.63. The maximum Gasteiger partial charge on any atom is 0.255 e. The Hall–Kier alpha value is -4.40. The molecule has 0 saturated heterocycles. The number of halogens is 1. The molecular weight excluding hydrogens is 461 g/mol. The molecule has 1 aromatic carbocycles. The van der Waals surface area contributed by atoms with E-state index in [2.05, 4.69) is 26.7 Å². The van der Waals surface area contributed by atoms with Crippen LogP contribution in [-0.4, -0.2) is 41.1 Å². The minimum Gasteiger partial charge on any atom is -0.492 e. The number of allylic oxidation sites excluding steroid dienone is 1. The highest BCUT2D eigenvalue weighted by molar-refractivity contribution is 6.08. The summed E-state index contributed by atoms with van der Waals surface area (Å²) in [5, 5.41) is 6.30. The quantitative estimate of drug-likeness (QED) is 0.354. The molecule has 1 amide bonds. The summed E-state index contributed by atoms with van der Waals surface area (Å²) in [6.07, 6.45) is 6.43. The molecule has 0 spiro atoms. The molecule has 5 heterocycles. The zero-order valence-corrected chi connectivity index (χ0v) is 19.8. The Morgan fingerprint density at radius 1 is 1.25 bits per heavy atom. The fraction of sp³-hybridized carbons (Fsp3) is 0.222. The number of nitrogens with zero attached hydrogens (tertiary/aromatic N) is 2. The molecule has 4 bridgehead atoms. The largest absolute Gasteiger partial charge is 0.492 e. The molecule has 3 aromatic heterocycles. The predicted molar refractivity (Wildman–Crippen MR) is 135 cm³/mol. The van der Waals surface area contributed by atoms with Crippen molar-refractivity contribution in [3.63, 3.8) is 0 Å². The zero-order valence-electron chi connectivity index (χ0n) is 19.8. The normalized spacial score (nSPS) is 17.4. The van der Waals surface area contributed by atoms with Crippen molar-refractivity contribution in [1.29, 1.82) is 0 Å². The lowest BCUT2D eigenvalue weighted by Crippen LogP contribution is -2.34. The Morgan fingerprint density at radius 3 is 3.00 bits per heavy atom. The number of benzene rings is 1. The van der Waals surface area contributed by atoms with Crippen LogP contribution in [0.1, 0.15) is 34.0 Å². The molecule has 0 fully saturated rings. The van der Waals surface area contributed by atoms with Gasteiger partial charge in [0.15, 0.2) is 11.6 Å². The Balaban J connectivity index is 1.65. The highest BCUT2D eigenvalue weighted by Gasteiger charge is 2.33. The first-order valence-corrected chi connectivity index (χ1v) is 11.7. The summed E-state index contributed by atoms with van der Waals surface area (Å²) in [5.41, 5.74) is 5.85. The molecule has 6 rings (SSSR count). The number of carbonyl (C=O) groups is 1. The van der Waals surface area contributed by atoms with Crippen LogP contribution in [-0.2, 0) is 0 Å². The Morgan fingerprint density at radius 2 is 2.14 bits per heavy atom. The van der Waals surface area contributed by atoms with Crippen LogP contribution in [0.25, 0.3) is 22.3 Å². The van der Waals surface area contributed by atoms with Crippen molar-refractivity contribution in [2.75, 3.05) is 25.6 Å². The first-order chi connectivity index (χ1) is 17.5. The van der Waals surface area contributed by atoms with Crippen molar-refractivity contribution >= 4 is 28.3 Å². The minimum absolute atomic E-state index is 0.0218. The van der Waals surface area contributed by atoms with Crippen molar-refractivity contribution in [3.8, 4) is 22.9 Å². The van der Waals surface area contributed by atoms with E-state index in [-0.39, 0.29) is 17.6 Å². The number of nitrogens with one attached hydrogen (secondary N) is 3. The number of carbonyl (C=O) groups excluding carboxylic acids is 1. The highest BCUT2D eigenvalue weighted by atomic mass is 19.1. The number of hydrogen-bond donors (Lipinski definition) is 3. The van der Waals surface area contributed by atoms with Gasteiger partial charge in [-0.1, -0.05) is 18.2 Å². The molecule has 2 aliphatic heterocycles. The second kappa shape index (κ2) is 8.67. The summed E-state index contributed by atoms with van der Waals surface area (Å²) >= 11 is 0. The summed E-state index contributed by atoms with van der Waals surface area (Å²) < 4.78 is 25.8. The third-order valence-electron chi connectivity index (χ3n) is 6.63. The van der Waals surface area contributed by atoms with Gasteiger partial charge in [0.2, 0.25) is 5.88 Å². The number of amides is 1. The van der Waals surface area contributed by atoms with Gasteiger partial charge in [-0.25, -0.2) is 9.37 Å². The molecule has 182 valence electrons. The van der Waals surface area contributed by atoms with E-state index in [1.807, 2.05) is 25.1 Å². The van der Waals surface area contributed by atoms with E-state index in [4.69, 9.17) is 14.5 Å². The van der Waals surface area contributed by atoms with E-state index < -0.39 is 5.82 Å². The molecule has 0 saturated carbocycles. The van der Waals surface area contributed by atoms with E-state index in [9.17, 15) is 9.18 Å². The lowest BCUT2D eigenvalue weighted by Gasteiger charge is -2.23. The molecule has 4 aromatic rings. The molecule has 9 heteroatoms. The van der Waals surface area contributed by atoms with Crippen LogP contribution in [0.15, 0.2) is 48.7 Å². The number of aromatic nitrogens is 3. The van der Waals surface area contributed by atoms with E-state index in [1.165, 1.54) is 13.2 Å². The van der Waals surface area contributed by atoms with Crippen LogP contribution in [0.5, 0.6) is 11.6 Å². The lowest BCUT2D eigenvalue weighted by atomic mass is 9.93. The number of anilines is 2. The number of hydrogen-bond acceptors (Lipinski definition) is 6. The summed E-state index contributed by atoms with van der Waals surface area (Å²) in [5.74, 6) is -0.100. The summed E-state index contributed by atoms with van der Waals surface area (Å²) in [4.78, 5) is 26.1. The topological polar surface area (TPSA) is 101 Å². The van der Waals surface area contributed by atoms with Crippen LogP contribution in [0.4, 0.5) is 15.8 Å². The first kappa shape index (κ1) is 22.1. The summed E-state index contributed by atoms with van der Waals surface area (Å²) in [6, 6.07) is 8.42. The minimum atomic E-state index is -0.503. The van der Waals surface area contributed by atoms with Gasteiger partial charge in [0.25, 0.3) is 5.91 Å². The monoisotopic (exact) mass is 485 g/mol. The van der Waals surface area contributed by atoms with E-state index in [0.29, 0.717) is 59.1 Å². The number of H-pyrrole nitrogens is 1. The Labute approximate surface area is 206 Å². The number of ether oxygens (including phenoxy) is 2. The van der Waals surface area contributed by atoms with Crippen LogP contribution in [0, 0.1) is 12.7 Å². The summed E-state index contributed by atoms with van der Waals surface area (Å²) in [7, 11) is 1.41. The second-order valence-corrected chi connectivity index (χ2v) is 8.87. The van der Waals surface area contributed by atoms with Crippen molar-refractivity contribution in [2.45, 2.75) is 19.3 Å². The fourth-order valence-corrected chi connectivity index (χ4v) is 4.90. The first-order valence-electron chi connectivity index (χ1n) is 11.7. The van der Waals surface area contributed by atoms with Gasteiger partial charge in [-0.15, -0.1) is 0 Å². The van der Waals surface area contributed by atoms with Crippen molar-refractivity contribution in [3.05, 3.63) is 71.3 Å². The van der Waals surface area contributed by atoms with Crippen LogP contribution in [0.3, 0.4) is 0 Å². The molecule has 0 radical (unpaired) electrons. The van der Waals surface area contributed by atoms with Crippen molar-refractivity contribution in [2.24, 2.45) is 0 Å². The molecule has 0 aliphatic carbocycles. The number of aromatic amines is 1. The zero-order chi connectivity index (χ0) is 24.8. The molecule has 3 N–H and O–H groups in total. The number of para-hydroxylation sites is 1. The molecule has 1 unspecified atom stereocenters. The number of fused-ring (bicyclic) bond motifs is 3. The number of methoxy groups -OCH3 is 1. The van der Waals surface area contributed by atoms with Gasteiger partial charge in [0.05, 0.1) is 35.3 Å². The average molecular weight is 486 g/mol. The smallest absolute Gasteiger partial charge is 0.255 e. The number of pyridine rings is 2. The Bertz CT molecular complexity index is 1540.